The number of thiazole rings is 1. The van der Waals surface area contributed by atoms with Crippen LogP contribution in [0.15, 0.2) is 87.8 Å². The maximum atomic E-state index is 14.1. The van der Waals surface area contributed by atoms with Gasteiger partial charge < -0.3 is 14.2 Å². The lowest BCUT2D eigenvalue weighted by atomic mass is 9.95. The topological polar surface area (TPSA) is 79.1 Å². The molecule has 0 N–H and O–H groups in total. The Morgan fingerprint density at radius 3 is 2.54 bits per heavy atom. The van der Waals surface area contributed by atoms with Gasteiger partial charge in [-0.25, -0.2) is 14.2 Å². The highest BCUT2D eigenvalue weighted by molar-refractivity contribution is 14.1. The number of carbonyl (C=O) groups is 1. The molecule has 3 aromatic carbocycles. The average molecular weight is 685 g/mol. The Labute approximate surface area is 253 Å². The molecule has 210 valence electrons. The van der Waals surface area contributed by atoms with Crippen molar-refractivity contribution in [1.29, 1.82) is 0 Å². The number of ether oxygens (including phenoxy) is 3. The fourth-order valence-electron chi connectivity index (χ4n) is 4.69. The molecule has 4 aromatic rings. The normalized spacial score (nSPS) is 14.9. The van der Waals surface area contributed by atoms with Crippen LogP contribution in [0, 0.1) is 9.39 Å². The van der Waals surface area contributed by atoms with E-state index in [9.17, 15) is 14.0 Å². The molecule has 0 saturated heterocycles. The number of esters is 1. The first kappa shape index (κ1) is 28.7. The molecule has 7 nitrogen and oxygen atoms in total. The van der Waals surface area contributed by atoms with Gasteiger partial charge in [-0.2, -0.15) is 0 Å². The first-order chi connectivity index (χ1) is 19.9. The molecule has 1 atom stereocenters. The van der Waals surface area contributed by atoms with Crippen LogP contribution in [0.2, 0.25) is 0 Å². The van der Waals surface area contributed by atoms with Crippen molar-refractivity contribution in [2.75, 3.05) is 14.2 Å². The Kier molecular flexibility index (Phi) is 8.69. The molecule has 0 spiro atoms. The highest BCUT2D eigenvalue weighted by Crippen LogP contribution is 2.35. The van der Waals surface area contributed by atoms with E-state index >= 15 is 0 Å². The molecule has 10 heteroatoms. The fourth-order valence-corrected chi connectivity index (χ4v) is 6.50. The van der Waals surface area contributed by atoms with Crippen molar-refractivity contribution < 1.29 is 23.4 Å². The molecule has 1 aromatic heterocycles. The van der Waals surface area contributed by atoms with E-state index in [0.29, 0.717) is 49.7 Å². The van der Waals surface area contributed by atoms with Crippen LogP contribution >= 0.6 is 33.9 Å². The minimum Gasteiger partial charge on any atom is -0.493 e. The van der Waals surface area contributed by atoms with Crippen molar-refractivity contribution in [2.45, 2.75) is 26.0 Å². The van der Waals surface area contributed by atoms with Gasteiger partial charge in [0.05, 0.1) is 39.6 Å². The van der Waals surface area contributed by atoms with Crippen molar-refractivity contribution in [2.24, 2.45) is 4.99 Å². The van der Waals surface area contributed by atoms with Gasteiger partial charge in [0, 0.05) is 5.56 Å². The average Bonchev–Trinajstić information content (AvgIpc) is 3.30. The van der Waals surface area contributed by atoms with Crippen molar-refractivity contribution >= 4 is 46.0 Å². The predicted octanol–water partition coefficient (Wildman–Crippen LogP) is 5.13. The van der Waals surface area contributed by atoms with E-state index < -0.39 is 12.0 Å². The summed E-state index contributed by atoms with van der Waals surface area (Å²) in [6.45, 7) is 1.96. The van der Waals surface area contributed by atoms with Crippen molar-refractivity contribution in [3.05, 3.63) is 124 Å². The molecule has 0 saturated carbocycles. The molecule has 1 aliphatic heterocycles. The van der Waals surface area contributed by atoms with Gasteiger partial charge in [0.15, 0.2) is 16.3 Å². The first-order valence-corrected chi connectivity index (χ1v) is 14.7. The standard InChI is InChI=1S/C31H26FIN2O5S/c1-4-23-26(30(37)39-3)27(19-10-6-5-7-11-19)35-29(36)25(41-31(35)34-23)16-18-14-22(33)28(24(15-18)38-2)40-17-20-12-8-9-13-21(20)32/h5-16,27H,4,17H2,1-3H3/b25-16-/t27-/m0/s1. The number of fused-ring (bicyclic) bond motifs is 1. The van der Waals surface area contributed by atoms with Gasteiger partial charge in [0.25, 0.3) is 5.56 Å². The minimum absolute atomic E-state index is 0.0404. The molecule has 41 heavy (non-hydrogen) atoms. The molecule has 0 radical (unpaired) electrons. The summed E-state index contributed by atoms with van der Waals surface area (Å²) in [5.74, 6) is 0.0767. The molecule has 0 bridgehead atoms. The van der Waals surface area contributed by atoms with Crippen LogP contribution in [-0.2, 0) is 16.1 Å². The van der Waals surface area contributed by atoms with Crippen LogP contribution in [0.25, 0.3) is 6.08 Å². The Hall–Kier alpha value is -3.77. The maximum Gasteiger partial charge on any atom is 0.338 e. The lowest BCUT2D eigenvalue weighted by Gasteiger charge is -2.25. The lowest BCUT2D eigenvalue weighted by molar-refractivity contribution is -0.136. The Morgan fingerprint density at radius 1 is 1.12 bits per heavy atom. The van der Waals surface area contributed by atoms with Crippen molar-refractivity contribution in [1.82, 2.24) is 4.57 Å². The quantitative estimate of drug-likeness (QED) is 0.190. The van der Waals surface area contributed by atoms with Crippen LogP contribution in [-0.4, -0.2) is 24.8 Å². The van der Waals surface area contributed by atoms with Gasteiger partial charge in [-0.15, -0.1) is 0 Å². The predicted molar refractivity (Wildman–Crippen MR) is 163 cm³/mol. The summed E-state index contributed by atoms with van der Waals surface area (Å²) in [5, 5.41) is 0. The van der Waals surface area contributed by atoms with E-state index in [4.69, 9.17) is 19.2 Å². The zero-order chi connectivity index (χ0) is 29.1. The van der Waals surface area contributed by atoms with Gasteiger partial charge >= 0.3 is 5.97 Å². The fraction of sp³-hybridized carbons (Fsp3) is 0.194. The summed E-state index contributed by atoms with van der Waals surface area (Å²) < 4.78 is 33.5. The van der Waals surface area contributed by atoms with Crippen LogP contribution in [0.4, 0.5) is 4.39 Å². The molecule has 0 fully saturated rings. The number of aromatic nitrogens is 1. The third-order valence-electron chi connectivity index (χ3n) is 6.64. The number of hydrogen-bond acceptors (Lipinski definition) is 7. The molecular formula is C31H26FIN2O5S. The number of carbonyl (C=O) groups excluding carboxylic acids is 1. The summed E-state index contributed by atoms with van der Waals surface area (Å²) in [4.78, 5) is 32.0. The molecule has 0 amide bonds. The van der Waals surface area contributed by atoms with E-state index in [1.54, 1.807) is 34.9 Å². The number of rotatable bonds is 8. The smallest absolute Gasteiger partial charge is 0.338 e. The summed E-state index contributed by atoms with van der Waals surface area (Å²) >= 11 is 3.39. The van der Waals surface area contributed by atoms with E-state index in [0.717, 1.165) is 9.13 Å². The second-order valence-electron chi connectivity index (χ2n) is 9.11. The van der Waals surface area contributed by atoms with Crippen molar-refractivity contribution in [3.63, 3.8) is 0 Å². The lowest BCUT2D eigenvalue weighted by Crippen LogP contribution is -2.40. The van der Waals surface area contributed by atoms with Gasteiger partial charge in [-0.05, 0) is 64.4 Å². The summed E-state index contributed by atoms with van der Waals surface area (Å²) in [6, 6.07) is 18.8. The molecule has 0 unspecified atom stereocenters. The monoisotopic (exact) mass is 684 g/mol. The minimum atomic E-state index is -0.666. The number of methoxy groups -OCH3 is 2. The highest BCUT2D eigenvalue weighted by Gasteiger charge is 2.33. The molecule has 0 aliphatic carbocycles. The van der Waals surface area contributed by atoms with Gasteiger partial charge in [0.2, 0.25) is 0 Å². The second kappa shape index (κ2) is 12.4. The molecule has 5 rings (SSSR count). The Balaban J connectivity index is 1.59. The van der Waals surface area contributed by atoms with Crippen LogP contribution in [0.5, 0.6) is 11.5 Å². The summed E-state index contributed by atoms with van der Waals surface area (Å²) in [7, 11) is 2.86. The Bertz CT molecular complexity index is 1830. The zero-order valence-electron chi connectivity index (χ0n) is 22.5. The third kappa shape index (κ3) is 5.71. The van der Waals surface area contributed by atoms with Crippen LogP contribution in [0.3, 0.4) is 0 Å². The Morgan fingerprint density at radius 2 is 1.85 bits per heavy atom. The number of nitrogens with zero attached hydrogens (tertiary/aromatic N) is 2. The second-order valence-corrected chi connectivity index (χ2v) is 11.3. The van der Waals surface area contributed by atoms with Crippen LogP contribution in [0.1, 0.15) is 36.1 Å². The third-order valence-corrected chi connectivity index (χ3v) is 8.43. The largest absolute Gasteiger partial charge is 0.493 e. The molecular weight excluding hydrogens is 658 g/mol. The number of hydrogen-bond donors (Lipinski definition) is 0. The van der Waals surface area contributed by atoms with Gasteiger partial charge in [0.1, 0.15) is 12.4 Å². The number of allylic oxidation sites excluding steroid dienone is 1. The van der Waals surface area contributed by atoms with E-state index in [-0.39, 0.29) is 18.0 Å². The summed E-state index contributed by atoms with van der Waals surface area (Å²) in [5.41, 5.74) is 2.61. The molecule has 1 aliphatic rings. The van der Waals surface area contributed by atoms with E-state index in [1.807, 2.05) is 43.3 Å². The van der Waals surface area contributed by atoms with Gasteiger partial charge in [-0.1, -0.05) is 66.8 Å². The summed E-state index contributed by atoms with van der Waals surface area (Å²) in [6.07, 6.45) is 2.27. The maximum absolute atomic E-state index is 14.1. The number of benzene rings is 3. The highest BCUT2D eigenvalue weighted by atomic mass is 127. The number of halogens is 2. The van der Waals surface area contributed by atoms with Crippen molar-refractivity contribution in [3.8, 4) is 11.5 Å². The van der Waals surface area contributed by atoms with Gasteiger partial charge in [-0.3, -0.25) is 9.36 Å². The molecule has 2 heterocycles. The van der Waals surface area contributed by atoms with E-state index in [1.165, 1.54) is 31.6 Å². The van der Waals surface area contributed by atoms with E-state index in [2.05, 4.69) is 22.6 Å². The zero-order valence-corrected chi connectivity index (χ0v) is 25.5. The SMILES string of the molecule is CCC1=C(C(=O)OC)[C@H](c2ccccc2)n2c(s/c(=C\c3cc(I)c(OCc4ccccc4F)c(OC)c3)c2=O)=N1. The first-order valence-electron chi connectivity index (χ1n) is 12.8. The van der Waals surface area contributed by atoms with Crippen LogP contribution < -0.4 is 24.4 Å².